The van der Waals surface area contributed by atoms with Gasteiger partial charge in [-0.1, -0.05) is 0 Å². The van der Waals surface area contributed by atoms with Crippen molar-refractivity contribution in [3.63, 3.8) is 0 Å². The number of likely N-dealkylation sites (tertiary alicyclic amines) is 1. The number of carboxylic acids is 1. The van der Waals surface area contributed by atoms with Crippen LogP contribution >= 0.6 is 0 Å². The number of hydrogen-bond acceptors (Lipinski definition) is 4. The van der Waals surface area contributed by atoms with E-state index in [0.29, 0.717) is 25.7 Å². The zero-order chi connectivity index (χ0) is 14.0. The molecule has 2 rings (SSSR count). The minimum absolute atomic E-state index is 0.154. The van der Waals surface area contributed by atoms with Gasteiger partial charge in [-0.05, 0) is 14.1 Å². The molecule has 0 radical (unpaired) electrons. The van der Waals surface area contributed by atoms with Gasteiger partial charge in [0.15, 0.2) is 0 Å². The van der Waals surface area contributed by atoms with Crippen molar-refractivity contribution in [3.05, 3.63) is 0 Å². The van der Waals surface area contributed by atoms with Crippen molar-refractivity contribution >= 4 is 12.0 Å². The summed E-state index contributed by atoms with van der Waals surface area (Å²) in [5.74, 6) is -1.22. The van der Waals surface area contributed by atoms with Gasteiger partial charge < -0.3 is 20.2 Å². The third-order valence-electron chi connectivity index (χ3n) is 3.99. The molecule has 0 aromatic rings. The second-order valence-electron chi connectivity index (χ2n) is 5.52. The third-order valence-corrected chi connectivity index (χ3v) is 3.99. The molecule has 2 saturated heterocycles. The van der Waals surface area contributed by atoms with Crippen molar-refractivity contribution < 1.29 is 14.7 Å². The lowest BCUT2D eigenvalue weighted by Gasteiger charge is -2.39. The molecule has 1 atom stereocenters. The highest BCUT2D eigenvalue weighted by atomic mass is 16.4. The van der Waals surface area contributed by atoms with E-state index in [2.05, 4.69) is 29.2 Å². The van der Waals surface area contributed by atoms with E-state index in [0.717, 1.165) is 19.6 Å². The molecule has 0 spiro atoms. The fraction of sp³-hybridized carbons (Fsp3) is 0.833. The smallest absolute Gasteiger partial charge is 0.317 e. The van der Waals surface area contributed by atoms with Gasteiger partial charge in [0.2, 0.25) is 0 Å². The highest BCUT2D eigenvalue weighted by molar-refractivity contribution is 5.79. The first-order valence-corrected chi connectivity index (χ1v) is 6.61. The molecule has 19 heavy (non-hydrogen) atoms. The van der Waals surface area contributed by atoms with Crippen molar-refractivity contribution in [2.45, 2.75) is 6.04 Å². The molecule has 0 aromatic carbocycles. The largest absolute Gasteiger partial charge is 0.481 e. The highest BCUT2D eigenvalue weighted by Crippen LogP contribution is 2.15. The molecule has 0 aliphatic carbocycles. The lowest BCUT2D eigenvalue weighted by molar-refractivity contribution is -0.146. The second kappa shape index (κ2) is 5.75. The van der Waals surface area contributed by atoms with Gasteiger partial charge in [-0.2, -0.15) is 0 Å². The minimum Gasteiger partial charge on any atom is -0.481 e. The zero-order valence-electron chi connectivity index (χ0n) is 11.5. The fourth-order valence-corrected chi connectivity index (χ4v) is 2.44. The number of hydrogen-bond donors (Lipinski definition) is 2. The lowest BCUT2D eigenvalue weighted by atomic mass is 10.0. The maximum atomic E-state index is 11.8. The van der Waals surface area contributed by atoms with Crippen LogP contribution in [0.3, 0.4) is 0 Å². The number of urea groups is 1. The molecule has 2 fully saturated rings. The van der Waals surface area contributed by atoms with E-state index in [1.165, 1.54) is 0 Å². The molecule has 1 unspecified atom stereocenters. The first-order chi connectivity index (χ1) is 8.97. The first-order valence-electron chi connectivity index (χ1n) is 6.61. The Morgan fingerprint density at radius 1 is 1.21 bits per heavy atom. The van der Waals surface area contributed by atoms with Gasteiger partial charge in [0.05, 0.1) is 5.92 Å². The summed E-state index contributed by atoms with van der Waals surface area (Å²) in [6.45, 7) is 4.24. The Hall–Kier alpha value is -1.34. The van der Waals surface area contributed by atoms with Crippen molar-refractivity contribution in [2.75, 3.05) is 53.4 Å². The number of carbonyl (C=O) groups is 2. The summed E-state index contributed by atoms with van der Waals surface area (Å²) in [5.41, 5.74) is 0. The third kappa shape index (κ3) is 3.36. The summed E-state index contributed by atoms with van der Waals surface area (Å²) >= 11 is 0. The number of amides is 2. The van der Waals surface area contributed by atoms with Crippen molar-refractivity contribution in [2.24, 2.45) is 5.92 Å². The summed E-state index contributed by atoms with van der Waals surface area (Å²) in [4.78, 5) is 28.5. The Morgan fingerprint density at radius 3 is 2.53 bits per heavy atom. The van der Waals surface area contributed by atoms with Crippen LogP contribution in [0.2, 0.25) is 0 Å². The molecule has 7 heteroatoms. The van der Waals surface area contributed by atoms with Crippen LogP contribution in [0.15, 0.2) is 0 Å². The monoisotopic (exact) mass is 270 g/mol. The average Bonchev–Trinajstić information content (AvgIpc) is 2.28. The fourth-order valence-electron chi connectivity index (χ4n) is 2.44. The van der Waals surface area contributed by atoms with Crippen molar-refractivity contribution in [3.8, 4) is 0 Å². The summed E-state index contributed by atoms with van der Waals surface area (Å²) in [7, 11) is 4.14. The normalized spacial score (nSPS) is 26.0. The molecule has 0 aromatic heterocycles. The average molecular weight is 270 g/mol. The molecule has 0 bridgehead atoms. The lowest BCUT2D eigenvalue weighted by Crippen LogP contribution is -2.59. The first kappa shape index (κ1) is 14.1. The summed E-state index contributed by atoms with van der Waals surface area (Å²) in [6.07, 6.45) is 0. The molecule has 0 saturated carbocycles. The maximum Gasteiger partial charge on any atom is 0.317 e. The van der Waals surface area contributed by atoms with Gasteiger partial charge in [-0.25, -0.2) is 4.79 Å². The van der Waals surface area contributed by atoms with E-state index in [4.69, 9.17) is 5.11 Å². The Morgan fingerprint density at radius 2 is 1.89 bits per heavy atom. The quantitative estimate of drug-likeness (QED) is 0.685. The van der Waals surface area contributed by atoms with Crippen LogP contribution in [0, 0.1) is 5.92 Å². The van der Waals surface area contributed by atoms with Crippen molar-refractivity contribution in [1.82, 2.24) is 20.0 Å². The van der Waals surface area contributed by atoms with Crippen LogP contribution in [0.25, 0.3) is 0 Å². The Labute approximate surface area is 113 Å². The van der Waals surface area contributed by atoms with Gasteiger partial charge >= 0.3 is 12.0 Å². The number of piperazine rings is 1. The van der Waals surface area contributed by atoms with Gasteiger partial charge in [0.1, 0.15) is 0 Å². The number of nitrogens with one attached hydrogen (secondary N) is 1. The van der Waals surface area contributed by atoms with Crippen LogP contribution in [-0.4, -0.2) is 91.2 Å². The predicted octanol–water partition coefficient (Wildman–Crippen LogP) is -1.04. The van der Waals surface area contributed by atoms with Crippen LogP contribution in [-0.2, 0) is 4.79 Å². The van der Waals surface area contributed by atoms with E-state index >= 15 is 0 Å². The SMILES string of the molecule is CN1CCN(C)C(CNC(=O)N2CC(C(=O)O)C2)C1. The van der Waals surface area contributed by atoms with Crippen molar-refractivity contribution in [1.29, 1.82) is 0 Å². The number of rotatable bonds is 3. The van der Waals surface area contributed by atoms with Gasteiger partial charge in [-0.15, -0.1) is 0 Å². The summed E-state index contributed by atoms with van der Waals surface area (Å²) in [5, 5.41) is 11.7. The van der Waals surface area contributed by atoms with E-state index in [-0.39, 0.29) is 6.03 Å². The molecule has 2 aliphatic rings. The Balaban J connectivity index is 1.70. The predicted molar refractivity (Wildman–Crippen MR) is 70.0 cm³/mol. The van der Waals surface area contributed by atoms with Crippen LogP contribution < -0.4 is 5.32 Å². The van der Waals surface area contributed by atoms with Crippen LogP contribution in [0.5, 0.6) is 0 Å². The van der Waals surface area contributed by atoms with E-state index in [1.54, 1.807) is 4.90 Å². The Kier molecular flexibility index (Phi) is 4.26. The van der Waals surface area contributed by atoms with E-state index < -0.39 is 11.9 Å². The standard InChI is InChI=1S/C12H22N4O3/c1-14-3-4-15(2)10(8-14)5-13-12(19)16-6-9(7-16)11(17)18/h9-10H,3-8H2,1-2H3,(H,13,19)(H,17,18). The molecule has 2 heterocycles. The second-order valence-corrected chi connectivity index (χ2v) is 5.52. The molecular formula is C12H22N4O3. The number of likely N-dealkylation sites (N-methyl/N-ethyl adjacent to an activating group) is 2. The zero-order valence-corrected chi connectivity index (χ0v) is 11.5. The van der Waals surface area contributed by atoms with E-state index in [1.807, 2.05) is 0 Å². The highest BCUT2D eigenvalue weighted by Gasteiger charge is 2.35. The van der Waals surface area contributed by atoms with Gasteiger partial charge in [-0.3, -0.25) is 9.69 Å². The number of nitrogens with zero attached hydrogens (tertiary/aromatic N) is 3. The minimum atomic E-state index is -0.822. The van der Waals surface area contributed by atoms with Crippen LogP contribution in [0.4, 0.5) is 4.79 Å². The molecule has 2 amide bonds. The summed E-state index contributed by atoms with van der Waals surface area (Å²) in [6, 6.07) is 0.165. The number of aliphatic carboxylic acids is 1. The topological polar surface area (TPSA) is 76.1 Å². The number of carbonyl (C=O) groups excluding carboxylic acids is 1. The molecule has 2 aliphatic heterocycles. The molecular weight excluding hydrogens is 248 g/mol. The molecule has 108 valence electrons. The molecule has 2 N–H and O–H groups in total. The maximum absolute atomic E-state index is 11.8. The van der Waals surface area contributed by atoms with E-state index in [9.17, 15) is 9.59 Å². The molecule has 7 nitrogen and oxygen atoms in total. The van der Waals surface area contributed by atoms with Gasteiger partial charge in [0, 0.05) is 45.3 Å². The Bertz CT molecular complexity index is 357. The number of carboxylic acid groups (broad SMARTS) is 1. The van der Waals surface area contributed by atoms with Crippen LogP contribution in [0.1, 0.15) is 0 Å². The summed E-state index contributed by atoms with van der Waals surface area (Å²) < 4.78 is 0. The van der Waals surface area contributed by atoms with Gasteiger partial charge in [0.25, 0.3) is 0 Å².